The molecular weight excluding hydrogens is 288 g/mol. The van der Waals surface area contributed by atoms with Crippen LogP contribution in [0.25, 0.3) is 0 Å². The second kappa shape index (κ2) is 7.07. The molecular formula is C15H14N2O5. The van der Waals surface area contributed by atoms with Crippen molar-refractivity contribution in [2.45, 2.75) is 0 Å². The van der Waals surface area contributed by atoms with E-state index in [2.05, 4.69) is 5.32 Å². The molecule has 7 nitrogen and oxygen atoms in total. The Balaban J connectivity index is 1.87. The standard InChI is InChI=1S/C15H14N2O5/c1-21-13-4-2-3-12(9-13)16-14(18)10-22-15(19)11-5-7-17(20)8-6-11/h2-9H,10H2,1H3,(H,16,18). The van der Waals surface area contributed by atoms with Gasteiger partial charge in [0.25, 0.3) is 5.91 Å². The fourth-order valence-electron chi connectivity index (χ4n) is 1.66. The summed E-state index contributed by atoms with van der Waals surface area (Å²) in [5.74, 6) is -0.553. The number of pyridine rings is 1. The number of nitrogens with one attached hydrogen (secondary N) is 1. The van der Waals surface area contributed by atoms with Gasteiger partial charge in [-0.2, -0.15) is 4.73 Å². The van der Waals surface area contributed by atoms with Gasteiger partial charge in [0.15, 0.2) is 19.0 Å². The maximum atomic E-state index is 11.7. The van der Waals surface area contributed by atoms with Crippen LogP contribution in [-0.4, -0.2) is 25.6 Å². The Hall–Kier alpha value is -3.09. The lowest BCUT2D eigenvalue weighted by Gasteiger charge is -2.07. The minimum absolute atomic E-state index is 0.196. The molecule has 0 atom stereocenters. The van der Waals surface area contributed by atoms with Gasteiger partial charge in [0.1, 0.15) is 5.75 Å². The van der Waals surface area contributed by atoms with Crippen molar-refractivity contribution in [2.24, 2.45) is 0 Å². The average Bonchev–Trinajstić information content (AvgIpc) is 2.53. The van der Waals surface area contributed by atoms with Crippen molar-refractivity contribution < 1.29 is 23.8 Å². The highest BCUT2D eigenvalue weighted by Gasteiger charge is 2.11. The predicted molar refractivity (Wildman–Crippen MR) is 77.3 cm³/mol. The smallest absolute Gasteiger partial charge is 0.339 e. The molecule has 0 spiro atoms. The van der Waals surface area contributed by atoms with E-state index < -0.39 is 18.5 Å². The van der Waals surface area contributed by atoms with E-state index in [1.807, 2.05) is 0 Å². The zero-order chi connectivity index (χ0) is 15.9. The average molecular weight is 302 g/mol. The number of benzene rings is 1. The van der Waals surface area contributed by atoms with Crippen molar-refractivity contribution >= 4 is 17.6 Å². The Labute approximate surface area is 126 Å². The summed E-state index contributed by atoms with van der Waals surface area (Å²) in [6.07, 6.45) is 2.35. The summed E-state index contributed by atoms with van der Waals surface area (Å²) in [5.41, 5.74) is 0.730. The van der Waals surface area contributed by atoms with Crippen LogP contribution in [0.4, 0.5) is 5.69 Å². The van der Waals surface area contributed by atoms with Gasteiger partial charge >= 0.3 is 5.97 Å². The van der Waals surface area contributed by atoms with Gasteiger partial charge in [-0.05, 0) is 12.1 Å². The number of carbonyl (C=O) groups excluding carboxylic acids is 2. The van der Waals surface area contributed by atoms with Crippen LogP contribution in [0.15, 0.2) is 48.8 Å². The second-order valence-electron chi connectivity index (χ2n) is 4.30. The fraction of sp³-hybridized carbons (Fsp3) is 0.133. The first-order chi connectivity index (χ1) is 10.6. The van der Waals surface area contributed by atoms with E-state index in [1.54, 1.807) is 24.3 Å². The molecule has 1 aromatic carbocycles. The zero-order valence-corrected chi connectivity index (χ0v) is 11.8. The molecule has 0 bridgehead atoms. The molecule has 0 unspecified atom stereocenters. The molecule has 0 aliphatic heterocycles. The molecule has 1 heterocycles. The van der Waals surface area contributed by atoms with Crippen molar-refractivity contribution in [1.29, 1.82) is 0 Å². The van der Waals surface area contributed by atoms with Crippen LogP contribution in [0.5, 0.6) is 5.75 Å². The number of amides is 1. The maximum absolute atomic E-state index is 11.7. The number of methoxy groups -OCH3 is 1. The topological polar surface area (TPSA) is 91.6 Å². The van der Waals surface area contributed by atoms with Crippen molar-refractivity contribution in [2.75, 3.05) is 19.0 Å². The number of rotatable bonds is 5. The molecule has 1 N–H and O–H groups in total. The maximum Gasteiger partial charge on any atom is 0.339 e. The van der Waals surface area contributed by atoms with Gasteiger partial charge in [-0.15, -0.1) is 0 Å². The minimum atomic E-state index is -0.679. The molecule has 0 aliphatic rings. The summed E-state index contributed by atoms with van der Waals surface area (Å²) in [7, 11) is 1.52. The zero-order valence-electron chi connectivity index (χ0n) is 11.8. The van der Waals surface area contributed by atoms with E-state index in [-0.39, 0.29) is 5.56 Å². The van der Waals surface area contributed by atoms with Gasteiger partial charge in [0, 0.05) is 23.9 Å². The van der Waals surface area contributed by atoms with E-state index >= 15 is 0 Å². The van der Waals surface area contributed by atoms with Crippen LogP contribution in [0.1, 0.15) is 10.4 Å². The second-order valence-corrected chi connectivity index (χ2v) is 4.30. The lowest BCUT2D eigenvalue weighted by atomic mass is 10.3. The highest BCUT2D eigenvalue weighted by Crippen LogP contribution is 2.16. The molecule has 22 heavy (non-hydrogen) atoms. The summed E-state index contributed by atoms with van der Waals surface area (Å²) in [6.45, 7) is -0.428. The lowest BCUT2D eigenvalue weighted by Crippen LogP contribution is -2.25. The van der Waals surface area contributed by atoms with Crippen molar-refractivity contribution in [1.82, 2.24) is 0 Å². The van der Waals surface area contributed by atoms with Gasteiger partial charge in [0.05, 0.1) is 12.7 Å². The molecule has 1 amide bonds. The SMILES string of the molecule is COc1cccc(NC(=O)COC(=O)c2cc[n+]([O-])cc2)c1. The van der Waals surface area contributed by atoms with Crippen LogP contribution >= 0.6 is 0 Å². The Bertz CT molecular complexity index is 670. The number of hydrogen-bond donors (Lipinski definition) is 1. The third-order valence-electron chi connectivity index (χ3n) is 2.73. The summed E-state index contributed by atoms with van der Waals surface area (Å²) in [6, 6.07) is 9.43. The Kier molecular flexibility index (Phi) is 4.92. The molecule has 0 fully saturated rings. The van der Waals surface area contributed by atoms with Gasteiger partial charge in [-0.3, -0.25) is 4.79 Å². The fourth-order valence-corrected chi connectivity index (χ4v) is 1.66. The van der Waals surface area contributed by atoms with Crippen LogP contribution in [0.3, 0.4) is 0 Å². The molecule has 1 aromatic heterocycles. The molecule has 2 rings (SSSR count). The van der Waals surface area contributed by atoms with Gasteiger partial charge in [0.2, 0.25) is 0 Å². The first-order valence-corrected chi connectivity index (χ1v) is 6.38. The van der Waals surface area contributed by atoms with Crippen molar-refractivity contribution in [3.63, 3.8) is 0 Å². The molecule has 114 valence electrons. The summed E-state index contributed by atoms with van der Waals surface area (Å²) < 4.78 is 10.5. The molecule has 0 saturated carbocycles. The Morgan fingerprint density at radius 3 is 2.64 bits per heavy atom. The third-order valence-corrected chi connectivity index (χ3v) is 2.73. The quantitative estimate of drug-likeness (QED) is 0.508. The van der Waals surface area contributed by atoms with Crippen molar-refractivity contribution in [3.05, 3.63) is 59.6 Å². The largest absolute Gasteiger partial charge is 0.619 e. The van der Waals surface area contributed by atoms with Crippen LogP contribution < -0.4 is 14.8 Å². The lowest BCUT2D eigenvalue weighted by molar-refractivity contribution is -0.605. The predicted octanol–water partition coefficient (Wildman–Crippen LogP) is 1.12. The number of anilines is 1. The number of nitrogens with zero attached hydrogens (tertiary/aromatic N) is 1. The highest BCUT2D eigenvalue weighted by atomic mass is 16.5. The van der Waals surface area contributed by atoms with E-state index in [9.17, 15) is 14.8 Å². The van der Waals surface area contributed by atoms with E-state index in [0.717, 1.165) is 0 Å². The van der Waals surface area contributed by atoms with E-state index in [4.69, 9.17) is 9.47 Å². The van der Waals surface area contributed by atoms with E-state index in [0.29, 0.717) is 16.2 Å². The summed E-state index contributed by atoms with van der Waals surface area (Å²) >= 11 is 0. The van der Waals surface area contributed by atoms with Crippen molar-refractivity contribution in [3.8, 4) is 5.75 Å². The number of esters is 1. The van der Waals surface area contributed by atoms with E-state index in [1.165, 1.54) is 31.6 Å². The Morgan fingerprint density at radius 1 is 1.23 bits per heavy atom. The van der Waals surface area contributed by atoms with Gasteiger partial charge in [-0.1, -0.05) is 6.07 Å². The third kappa shape index (κ3) is 4.20. The molecule has 0 saturated heterocycles. The number of ether oxygens (including phenoxy) is 2. The minimum Gasteiger partial charge on any atom is -0.619 e. The number of carbonyl (C=O) groups is 2. The summed E-state index contributed by atoms with van der Waals surface area (Å²) in [5, 5.41) is 13.4. The van der Waals surface area contributed by atoms with Crippen LogP contribution in [-0.2, 0) is 9.53 Å². The molecule has 2 aromatic rings. The first kappa shape index (κ1) is 15.3. The highest BCUT2D eigenvalue weighted by molar-refractivity contribution is 5.95. The van der Waals surface area contributed by atoms with Gasteiger partial charge < -0.3 is 20.0 Å². The first-order valence-electron chi connectivity index (χ1n) is 6.38. The summed E-state index contributed by atoms with van der Waals surface area (Å²) in [4.78, 5) is 23.4. The monoisotopic (exact) mass is 302 g/mol. The van der Waals surface area contributed by atoms with Crippen LogP contribution in [0, 0.1) is 5.21 Å². The number of hydrogen-bond acceptors (Lipinski definition) is 5. The van der Waals surface area contributed by atoms with Crippen LogP contribution in [0.2, 0.25) is 0 Å². The number of aromatic nitrogens is 1. The Morgan fingerprint density at radius 2 is 1.95 bits per heavy atom. The molecule has 0 aliphatic carbocycles. The molecule has 0 radical (unpaired) electrons. The molecule has 7 heteroatoms. The normalized spacial score (nSPS) is 9.86. The van der Waals surface area contributed by atoms with Gasteiger partial charge in [-0.25, -0.2) is 4.79 Å².